The number of alkyl halides is 3. The SMILES string of the molecule is O=C(O)c1cccc(-c2ccc(C(F)(F)F)cc2)c1C(=O)O. The minimum atomic E-state index is -4.50. The molecule has 0 aliphatic heterocycles. The molecule has 4 nitrogen and oxygen atoms in total. The zero-order chi connectivity index (χ0) is 16.5. The number of rotatable bonds is 3. The van der Waals surface area contributed by atoms with E-state index < -0.39 is 34.8 Å². The van der Waals surface area contributed by atoms with E-state index in [1.54, 1.807) is 0 Å². The van der Waals surface area contributed by atoms with Gasteiger partial charge >= 0.3 is 18.1 Å². The van der Waals surface area contributed by atoms with E-state index in [1.807, 2.05) is 0 Å². The largest absolute Gasteiger partial charge is 0.478 e. The predicted molar refractivity (Wildman–Crippen MR) is 70.8 cm³/mol. The highest BCUT2D eigenvalue weighted by molar-refractivity contribution is 6.06. The fraction of sp³-hybridized carbons (Fsp3) is 0.0667. The van der Waals surface area contributed by atoms with Crippen LogP contribution in [0.25, 0.3) is 11.1 Å². The maximum absolute atomic E-state index is 12.5. The van der Waals surface area contributed by atoms with Gasteiger partial charge in [-0.3, -0.25) is 0 Å². The van der Waals surface area contributed by atoms with Crippen molar-refractivity contribution < 1.29 is 33.0 Å². The number of halogens is 3. The average Bonchev–Trinajstić information content (AvgIpc) is 2.45. The highest BCUT2D eigenvalue weighted by Gasteiger charge is 2.30. The van der Waals surface area contributed by atoms with Crippen molar-refractivity contribution in [3.8, 4) is 11.1 Å². The minimum Gasteiger partial charge on any atom is -0.478 e. The first-order valence-corrected chi connectivity index (χ1v) is 5.99. The van der Waals surface area contributed by atoms with Crippen molar-refractivity contribution in [3.05, 3.63) is 59.2 Å². The average molecular weight is 310 g/mol. The van der Waals surface area contributed by atoms with E-state index in [2.05, 4.69) is 0 Å². The molecule has 0 saturated carbocycles. The minimum absolute atomic E-state index is 0.0427. The lowest BCUT2D eigenvalue weighted by Gasteiger charge is -2.11. The molecular weight excluding hydrogens is 301 g/mol. The smallest absolute Gasteiger partial charge is 0.416 e. The Labute approximate surface area is 122 Å². The summed E-state index contributed by atoms with van der Waals surface area (Å²) in [5.41, 5.74) is -1.53. The lowest BCUT2D eigenvalue weighted by Crippen LogP contribution is -2.10. The van der Waals surface area contributed by atoms with Crippen LogP contribution in [0.3, 0.4) is 0 Å². The van der Waals surface area contributed by atoms with Gasteiger partial charge in [0, 0.05) is 0 Å². The van der Waals surface area contributed by atoms with E-state index in [-0.39, 0.29) is 11.1 Å². The molecule has 0 saturated heterocycles. The molecule has 114 valence electrons. The van der Waals surface area contributed by atoms with Gasteiger partial charge in [-0.05, 0) is 29.3 Å². The van der Waals surface area contributed by atoms with Gasteiger partial charge in [-0.25, -0.2) is 9.59 Å². The summed E-state index contributed by atoms with van der Waals surface area (Å²) in [4.78, 5) is 22.4. The number of benzene rings is 2. The summed E-state index contributed by atoms with van der Waals surface area (Å²) in [6.07, 6.45) is -4.50. The molecule has 0 aliphatic carbocycles. The van der Waals surface area contributed by atoms with Crippen molar-refractivity contribution in [2.75, 3.05) is 0 Å². The van der Waals surface area contributed by atoms with Crippen molar-refractivity contribution in [2.24, 2.45) is 0 Å². The van der Waals surface area contributed by atoms with Crippen molar-refractivity contribution in [1.82, 2.24) is 0 Å². The van der Waals surface area contributed by atoms with Crippen LogP contribution in [0, 0.1) is 0 Å². The summed E-state index contributed by atoms with van der Waals surface area (Å²) in [7, 11) is 0. The van der Waals surface area contributed by atoms with Gasteiger partial charge in [0.15, 0.2) is 0 Å². The lowest BCUT2D eigenvalue weighted by atomic mass is 9.94. The number of carboxylic acids is 2. The second kappa shape index (κ2) is 5.51. The summed E-state index contributed by atoms with van der Waals surface area (Å²) in [6.45, 7) is 0. The maximum atomic E-state index is 12.5. The zero-order valence-electron chi connectivity index (χ0n) is 10.9. The second-order valence-electron chi connectivity index (χ2n) is 4.41. The Morgan fingerprint density at radius 3 is 1.91 bits per heavy atom. The monoisotopic (exact) mass is 310 g/mol. The molecule has 0 spiro atoms. The molecule has 2 aromatic carbocycles. The molecule has 0 atom stereocenters. The molecule has 0 fully saturated rings. The summed E-state index contributed by atoms with van der Waals surface area (Å²) in [5, 5.41) is 18.2. The Hall–Kier alpha value is -2.83. The number of carbonyl (C=O) groups is 2. The molecule has 0 bridgehead atoms. The number of carboxylic acid groups (broad SMARTS) is 2. The first-order chi connectivity index (χ1) is 10.2. The predicted octanol–water partition coefficient (Wildman–Crippen LogP) is 3.77. The quantitative estimate of drug-likeness (QED) is 0.905. The molecule has 0 aromatic heterocycles. The number of hydrogen-bond acceptors (Lipinski definition) is 2. The first-order valence-electron chi connectivity index (χ1n) is 5.99. The molecule has 0 heterocycles. The van der Waals surface area contributed by atoms with Gasteiger partial charge in [0.05, 0.1) is 16.7 Å². The molecule has 22 heavy (non-hydrogen) atoms. The fourth-order valence-electron chi connectivity index (χ4n) is 2.04. The van der Waals surface area contributed by atoms with Crippen molar-refractivity contribution >= 4 is 11.9 Å². The molecule has 2 N–H and O–H groups in total. The molecule has 2 rings (SSSR count). The van der Waals surface area contributed by atoms with Crippen LogP contribution < -0.4 is 0 Å². The van der Waals surface area contributed by atoms with Crippen LogP contribution in [0.1, 0.15) is 26.3 Å². The van der Waals surface area contributed by atoms with Gasteiger partial charge in [-0.1, -0.05) is 24.3 Å². The van der Waals surface area contributed by atoms with Crippen molar-refractivity contribution in [3.63, 3.8) is 0 Å². The van der Waals surface area contributed by atoms with Crippen molar-refractivity contribution in [2.45, 2.75) is 6.18 Å². The maximum Gasteiger partial charge on any atom is 0.416 e. The van der Waals surface area contributed by atoms with Gasteiger partial charge < -0.3 is 10.2 Å². The first kappa shape index (κ1) is 15.6. The topological polar surface area (TPSA) is 74.6 Å². The Morgan fingerprint density at radius 2 is 1.45 bits per heavy atom. The molecule has 0 radical (unpaired) electrons. The van der Waals surface area contributed by atoms with Gasteiger partial charge in [0.2, 0.25) is 0 Å². The summed E-state index contributed by atoms with van der Waals surface area (Å²) in [6, 6.07) is 7.65. The number of aromatic carboxylic acids is 2. The second-order valence-corrected chi connectivity index (χ2v) is 4.41. The van der Waals surface area contributed by atoms with E-state index in [9.17, 15) is 27.9 Å². The summed E-state index contributed by atoms with van der Waals surface area (Å²) < 4.78 is 37.6. The molecule has 0 unspecified atom stereocenters. The van der Waals surface area contributed by atoms with E-state index in [1.165, 1.54) is 12.1 Å². The summed E-state index contributed by atoms with van der Waals surface area (Å²) in [5.74, 6) is -2.89. The highest BCUT2D eigenvalue weighted by Crippen LogP contribution is 2.32. The Bertz CT molecular complexity index is 733. The molecular formula is C15H9F3O4. The normalized spacial score (nSPS) is 11.2. The third-order valence-corrected chi connectivity index (χ3v) is 3.03. The third-order valence-electron chi connectivity index (χ3n) is 3.03. The van der Waals surface area contributed by atoms with Crippen LogP contribution in [0.5, 0.6) is 0 Å². The van der Waals surface area contributed by atoms with E-state index in [0.29, 0.717) is 0 Å². The van der Waals surface area contributed by atoms with Gasteiger partial charge in [0.1, 0.15) is 0 Å². The van der Waals surface area contributed by atoms with Gasteiger partial charge in [-0.2, -0.15) is 13.2 Å². The van der Waals surface area contributed by atoms with Crippen LogP contribution in [-0.4, -0.2) is 22.2 Å². The Balaban J connectivity index is 2.60. The van der Waals surface area contributed by atoms with Gasteiger partial charge in [0.25, 0.3) is 0 Å². The van der Waals surface area contributed by atoms with E-state index >= 15 is 0 Å². The van der Waals surface area contributed by atoms with Crippen molar-refractivity contribution in [1.29, 1.82) is 0 Å². The molecule has 2 aromatic rings. The zero-order valence-corrected chi connectivity index (χ0v) is 10.9. The van der Waals surface area contributed by atoms with Crippen LogP contribution >= 0.6 is 0 Å². The molecule has 0 amide bonds. The van der Waals surface area contributed by atoms with E-state index in [4.69, 9.17) is 5.11 Å². The van der Waals surface area contributed by atoms with Crippen LogP contribution in [0.15, 0.2) is 42.5 Å². The Kier molecular flexibility index (Phi) is 3.90. The van der Waals surface area contributed by atoms with Crippen LogP contribution in [-0.2, 0) is 6.18 Å². The third kappa shape index (κ3) is 2.93. The standard InChI is InChI=1S/C15H9F3O4/c16-15(17,18)9-6-4-8(5-7-9)10-2-1-3-11(13(19)20)12(10)14(21)22/h1-7H,(H,19,20)(H,21,22). The lowest BCUT2D eigenvalue weighted by molar-refractivity contribution is -0.137. The van der Waals surface area contributed by atoms with Crippen LogP contribution in [0.4, 0.5) is 13.2 Å². The number of hydrogen-bond donors (Lipinski definition) is 2. The molecule has 7 heteroatoms. The van der Waals surface area contributed by atoms with Gasteiger partial charge in [-0.15, -0.1) is 0 Å². The van der Waals surface area contributed by atoms with Crippen LogP contribution in [0.2, 0.25) is 0 Å². The molecule has 0 aliphatic rings. The summed E-state index contributed by atoms with van der Waals surface area (Å²) >= 11 is 0. The Morgan fingerprint density at radius 1 is 0.864 bits per heavy atom. The highest BCUT2D eigenvalue weighted by atomic mass is 19.4. The fourth-order valence-corrected chi connectivity index (χ4v) is 2.04. The van der Waals surface area contributed by atoms with E-state index in [0.717, 1.165) is 30.3 Å².